The van der Waals surface area contributed by atoms with Gasteiger partial charge in [-0.25, -0.2) is 0 Å². The molecule has 0 bridgehead atoms. The lowest BCUT2D eigenvalue weighted by Crippen LogP contribution is -2.16. The molecule has 0 aliphatic heterocycles. The number of rotatable bonds is 7. The summed E-state index contributed by atoms with van der Waals surface area (Å²) in [5, 5.41) is 7.87. The highest BCUT2D eigenvalue weighted by atomic mass is 15.0. The molecule has 3 heteroatoms. The summed E-state index contributed by atoms with van der Waals surface area (Å²) in [5.74, 6) is 1.19. The van der Waals surface area contributed by atoms with Crippen LogP contribution in [0.3, 0.4) is 0 Å². The van der Waals surface area contributed by atoms with Crippen LogP contribution in [-0.2, 0) is 16.2 Å². The van der Waals surface area contributed by atoms with Crippen LogP contribution in [0.15, 0.2) is 170 Å². The quantitative estimate of drug-likeness (QED) is 0.151. The van der Waals surface area contributed by atoms with Gasteiger partial charge in [0.15, 0.2) is 0 Å². The molecule has 0 amide bonds. The van der Waals surface area contributed by atoms with Crippen LogP contribution in [0.5, 0.6) is 0 Å². The second-order valence-corrected chi connectivity index (χ2v) is 27.2. The normalized spacial score (nSPS) is 15.0. The predicted molar refractivity (Wildman–Crippen MR) is 344 cm³/mol. The molecule has 0 unspecified atom stereocenters. The summed E-state index contributed by atoms with van der Waals surface area (Å²) in [6.07, 6.45) is 6.49. The summed E-state index contributed by atoms with van der Waals surface area (Å²) in [4.78, 5) is 0. The zero-order valence-corrected chi connectivity index (χ0v) is 49.3. The van der Waals surface area contributed by atoms with Gasteiger partial charge in [0.25, 0.3) is 0 Å². The van der Waals surface area contributed by atoms with Gasteiger partial charge in [-0.2, -0.15) is 0 Å². The Morgan fingerprint density at radius 1 is 0.450 bits per heavy atom. The molecule has 1 fully saturated rings. The second-order valence-electron chi connectivity index (χ2n) is 27.2. The first-order valence-electron chi connectivity index (χ1n) is 30.0. The third-order valence-electron chi connectivity index (χ3n) is 19.0. The highest BCUT2D eigenvalue weighted by Crippen LogP contribution is 2.56. The van der Waals surface area contributed by atoms with Gasteiger partial charge in [0.2, 0.25) is 0 Å². The fraction of sp³-hybridized carbons (Fsp3) is 0.299. The molecule has 14 rings (SSSR count). The van der Waals surface area contributed by atoms with E-state index in [0.717, 1.165) is 0 Å². The van der Waals surface area contributed by atoms with Crippen LogP contribution in [0.4, 0.5) is 0 Å². The van der Waals surface area contributed by atoms with Crippen molar-refractivity contribution in [2.75, 3.05) is 0 Å². The highest BCUT2D eigenvalue weighted by molar-refractivity contribution is 6.15. The number of para-hydroxylation sites is 2. The van der Waals surface area contributed by atoms with Crippen LogP contribution >= 0.6 is 0 Å². The lowest BCUT2D eigenvalue weighted by Gasteiger charge is -2.26. The highest BCUT2D eigenvalue weighted by Gasteiger charge is 2.40. The lowest BCUT2D eigenvalue weighted by atomic mass is 9.77. The topological polar surface area (TPSA) is 14.8 Å². The van der Waals surface area contributed by atoms with Crippen molar-refractivity contribution >= 4 is 65.4 Å². The van der Waals surface area contributed by atoms with Gasteiger partial charge in [0, 0.05) is 54.7 Å². The molecule has 9 aromatic carbocycles. The summed E-state index contributed by atoms with van der Waals surface area (Å²) >= 11 is 0. The zero-order valence-electron chi connectivity index (χ0n) is 49.3. The Bertz CT molecular complexity index is 4500. The van der Waals surface area contributed by atoms with Crippen molar-refractivity contribution in [3.05, 3.63) is 209 Å². The molecule has 3 heterocycles. The molecule has 0 spiro atoms. The summed E-state index contributed by atoms with van der Waals surface area (Å²) in [6.45, 7) is 28.4. The molecule has 3 nitrogen and oxygen atoms in total. The molecule has 400 valence electrons. The maximum absolute atomic E-state index is 2.65. The lowest BCUT2D eigenvalue weighted by molar-refractivity contribution is 0.443. The summed E-state index contributed by atoms with van der Waals surface area (Å²) < 4.78 is 7.77. The van der Waals surface area contributed by atoms with Gasteiger partial charge in [-0.1, -0.05) is 199 Å². The van der Waals surface area contributed by atoms with E-state index in [-0.39, 0.29) is 22.2 Å². The summed E-state index contributed by atoms with van der Waals surface area (Å²) in [7, 11) is 0. The molecule has 0 radical (unpaired) electrons. The Labute approximate surface area is 473 Å². The van der Waals surface area contributed by atoms with Gasteiger partial charge in [-0.3, -0.25) is 0 Å². The molecule has 2 aliphatic rings. The van der Waals surface area contributed by atoms with Gasteiger partial charge in [0.1, 0.15) is 0 Å². The fourth-order valence-corrected chi connectivity index (χ4v) is 14.7. The van der Waals surface area contributed by atoms with E-state index in [0.29, 0.717) is 11.8 Å². The number of nitrogens with zero attached hydrogens (tertiary/aromatic N) is 3. The molecule has 0 saturated heterocycles. The maximum atomic E-state index is 2.65. The fourth-order valence-electron chi connectivity index (χ4n) is 14.7. The molecular weight excluding hydrogens is 967 g/mol. The van der Waals surface area contributed by atoms with Crippen molar-refractivity contribution in [3.8, 4) is 39.3 Å². The third-order valence-corrected chi connectivity index (χ3v) is 19.0. The van der Waals surface area contributed by atoms with Crippen LogP contribution in [0, 0.1) is 0 Å². The Morgan fingerprint density at radius 3 is 1.70 bits per heavy atom. The summed E-state index contributed by atoms with van der Waals surface area (Å²) in [5.41, 5.74) is 26.0. The van der Waals surface area contributed by atoms with Gasteiger partial charge < -0.3 is 13.7 Å². The number of fused-ring (bicyclic) bond motifs is 12. The molecule has 2 aliphatic carbocycles. The van der Waals surface area contributed by atoms with Crippen molar-refractivity contribution < 1.29 is 0 Å². The van der Waals surface area contributed by atoms with E-state index in [1.54, 1.807) is 0 Å². The minimum absolute atomic E-state index is 0.0381. The Morgan fingerprint density at radius 2 is 1.05 bits per heavy atom. The first-order valence-corrected chi connectivity index (χ1v) is 30.0. The summed E-state index contributed by atoms with van der Waals surface area (Å²) in [6, 6.07) is 66.9. The van der Waals surface area contributed by atoms with Gasteiger partial charge in [0.05, 0.1) is 38.8 Å². The van der Waals surface area contributed by atoms with Crippen LogP contribution in [0.25, 0.3) is 105 Å². The Hall–Kier alpha value is -7.62. The van der Waals surface area contributed by atoms with Crippen LogP contribution in [0.2, 0.25) is 0 Å². The maximum Gasteiger partial charge on any atom is 0.0564 e. The average Bonchev–Trinajstić information content (AvgIpc) is 4.35. The van der Waals surface area contributed by atoms with E-state index >= 15 is 0 Å². The largest absolute Gasteiger partial charge is 0.309 e. The van der Waals surface area contributed by atoms with E-state index in [1.165, 1.54) is 176 Å². The van der Waals surface area contributed by atoms with E-state index in [1.807, 2.05) is 0 Å². The molecular formula is C77H77N3. The van der Waals surface area contributed by atoms with Crippen molar-refractivity contribution in [1.29, 1.82) is 0 Å². The number of benzene rings is 9. The van der Waals surface area contributed by atoms with Crippen LogP contribution in [0.1, 0.15) is 172 Å². The number of hydrogen-bond donors (Lipinski definition) is 0. The second kappa shape index (κ2) is 18.2. The minimum Gasteiger partial charge on any atom is -0.309 e. The third kappa shape index (κ3) is 7.73. The van der Waals surface area contributed by atoms with Crippen LogP contribution in [-0.4, -0.2) is 13.7 Å². The molecule has 0 N–H and O–H groups in total. The van der Waals surface area contributed by atoms with E-state index in [4.69, 9.17) is 0 Å². The van der Waals surface area contributed by atoms with Gasteiger partial charge >= 0.3 is 0 Å². The van der Waals surface area contributed by atoms with Gasteiger partial charge in [-0.15, -0.1) is 0 Å². The average molecular weight is 1040 g/mol. The molecule has 3 aromatic heterocycles. The number of aromatic nitrogens is 3. The number of hydrogen-bond acceptors (Lipinski definition) is 0. The van der Waals surface area contributed by atoms with E-state index in [9.17, 15) is 0 Å². The minimum atomic E-state index is -0.282. The van der Waals surface area contributed by atoms with E-state index < -0.39 is 0 Å². The first-order chi connectivity index (χ1) is 38.4. The van der Waals surface area contributed by atoms with Crippen LogP contribution < -0.4 is 0 Å². The van der Waals surface area contributed by atoms with Crippen molar-refractivity contribution in [2.45, 2.75) is 149 Å². The standard InChI is InChI=1S/C77H77N3/c1-46(2)51-39-60(74-63(40-51)73-64(77(74,11)12)28-21-31-69(73)80-66-30-19-17-27-57(66)62-43-53(76(8,9)10)34-37-68(62)80)50-32-35-58-70(41-50)78(54-25-20-24-49(38-54)48-22-14-13-15-23-48)71-45-55(44-59(47(3)4)72(58)71)79-65-29-18-16-26-56(65)61-42-52(75(5,6)7)33-36-67(61)79/h16-21,24-48H,13-15,22-23H2,1-12H3. The van der Waals surface area contributed by atoms with Gasteiger partial charge in [-0.05, 0) is 170 Å². The van der Waals surface area contributed by atoms with E-state index in [2.05, 4.69) is 267 Å². The molecule has 0 atom stereocenters. The van der Waals surface area contributed by atoms with Crippen molar-refractivity contribution in [2.24, 2.45) is 0 Å². The van der Waals surface area contributed by atoms with Crippen molar-refractivity contribution in [1.82, 2.24) is 13.7 Å². The monoisotopic (exact) mass is 1040 g/mol. The Kier molecular flexibility index (Phi) is 11.5. The Balaban J connectivity index is 1.04. The predicted octanol–water partition coefficient (Wildman–Crippen LogP) is 21.8. The smallest absolute Gasteiger partial charge is 0.0564 e. The zero-order chi connectivity index (χ0) is 55.3. The molecule has 1 saturated carbocycles. The molecule has 12 aromatic rings. The SMILES string of the molecule is CC(C)c1cc(-c2ccc3c4c(C(C)C)cc(-n5c6ccccc6c6cc(C(C)(C)C)ccc65)cc4n(-c4cccc(C5CCCCC5)c4)c3c2)c2c(c1)-c1c(-n3c4ccccc4c4cc(C(C)(C)C)ccc43)cccc1C2(C)C. The molecule has 80 heavy (non-hydrogen) atoms. The van der Waals surface area contributed by atoms with Crippen molar-refractivity contribution in [3.63, 3.8) is 0 Å². The first kappa shape index (κ1) is 50.6.